The summed E-state index contributed by atoms with van der Waals surface area (Å²) in [6.07, 6.45) is 51.1. The third kappa shape index (κ3) is 62.8. The maximum atomic E-state index is 13.0. The second-order valence-corrected chi connectivity index (χ2v) is 27.8. The molecule has 3 N–H and O–H groups in total. The van der Waals surface area contributed by atoms with Gasteiger partial charge in [0.15, 0.2) is 12.2 Å². The van der Waals surface area contributed by atoms with E-state index in [0.29, 0.717) is 25.7 Å². The van der Waals surface area contributed by atoms with Gasteiger partial charge in [0.25, 0.3) is 0 Å². The molecule has 0 aliphatic heterocycles. The zero-order valence-corrected chi connectivity index (χ0v) is 58.5. The molecular weight excluding hydrogens is 1160 g/mol. The first-order valence-corrected chi connectivity index (χ1v) is 39.3. The number of hydrogen-bond acceptors (Lipinski definition) is 15. The maximum Gasteiger partial charge on any atom is 0.472 e. The fourth-order valence-electron chi connectivity index (χ4n) is 10.5. The standard InChI is InChI=1S/C69H134O17P2/c1-5-9-13-17-21-25-28-30-31-33-36-40-44-48-52-56-69(74)86-65(60-80-67(72)54-50-46-42-38-35-32-29-26-22-18-14-10-6-2)62-84-88(77,78)82-58-63(70)57-81-87(75,76)83-61-64(59-79-66(71)53-49-45-41-37-24-20-16-12-8-4)85-68(73)55-51-47-43-39-34-27-23-19-15-11-7-3/h63-65,70H,5-62H2,1-4H3,(H,75,76)(H,77,78)/t63-,64+,65+/m0/s1. The van der Waals surface area contributed by atoms with Crippen LogP contribution in [0.15, 0.2) is 0 Å². The van der Waals surface area contributed by atoms with Gasteiger partial charge in [-0.2, -0.15) is 0 Å². The summed E-state index contributed by atoms with van der Waals surface area (Å²) < 4.78 is 68.2. The van der Waals surface area contributed by atoms with Crippen LogP contribution < -0.4 is 0 Å². The molecule has 0 aromatic carbocycles. The molecule has 0 fully saturated rings. The monoisotopic (exact) mass is 1300 g/mol. The van der Waals surface area contributed by atoms with E-state index < -0.39 is 97.5 Å². The molecule has 0 radical (unpaired) electrons. The van der Waals surface area contributed by atoms with E-state index in [4.69, 9.17) is 37.0 Å². The van der Waals surface area contributed by atoms with Crippen LogP contribution in [0.3, 0.4) is 0 Å². The van der Waals surface area contributed by atoms with Crippen molar-refractivity contribution in [2.24, 2.45) is 0 Å². The molecule has 522 valence electrons. The summed E-state index contributed by atoms with van der Waals surface area (Å²) in [7, 11) is -9.89. The van der Waals surface area contributed by atoms with Gasteiger partial charge in [-0.25, -0.2) is 9.13 Å². The van der Waals surface area contributed by atoms with Gasteiger partial charge in [0.2, 0.25) is 0 Å². The van der Waals surface area contributed by atoms with Gasteiger partial charge >= 0.3 is 39.5 Å². The fraction of sp³-hybridized carbons (Fsp3) is 0.942. The van der Waals surface area contributed by atoms with Crippen LogP contribution in [0, 0.1) is 0 Å². The van der Waals surface area contributed by atoms with Crippen LogP contribution in [0.2, 0.25) is 0 Å². The van der Waals surface area contributed by atoms with Gasteiger partial charge in [-0.3, -0.25) is 37.3 Å². The van der Waals surface area contributed by atoms with Gasteiger partial charge in [0.1, 0.15) is 19.3 Å². The first-order chi connectivity index (χ1) is 42.7. The molecule has 5 atom stereocenters. The Kier molecular flexibility index (Phi) is 62.4. The highest BCUT2D eigenvalue weighted by molar-refractivity contribution is 7.47. The summed E-state index contributed by atoms with van der Waals surface area (Å²) in [5, 5.41) is 10.6. The topological polar surface area (TPSA) is 237 Å². The number of carbonyl (C=O) groups is 4. The molecule has 0 rings (SSSR count). The summed E-state index contributed by atoms with van der Waals surface area (Å²) >= 11 is 0. The number of aliphatic hydroxyl groups excluding tert-OH is 1. The Morgan fingerprint density at radius 2 is 0.455 bits per heavy atom. The normalized spacial score (nSPS) is 14.0. The van der Waals surface area contributed by atoms with Gasteiger partial charge in [-0.15, -0.1) is 0 Å². The Bertz CT molecular complexity index is 1690. The van der Waals surface area contributed by atoms with Crippen LogP contribution in [0.4, 0.5) is 0 Å². The van der Waals surface area contributed by atoms with Crippen molar-refractivity contribution >= 4 is 39.5 Å². The van der Waals surface area contributed by atoms with Gasteiger partial charge in [0, 0.05) is 25.7 Å². The Labute approximate surface area is 537 Å². The third-order valence-electron chi connectivity index (χ3n) is 16.1. The molecule has 0 aromatic rings. The molecule has 0 heterocycles. The van der Waals surface area contributed by atoms with E-state index in [1.807, 2.05) is 0 Å². The van der Waals surface area contributed by atoms with Crippen LogP contribution in [0.25, 0.3) is 0 Å². The Hall–Kier alpha value is -1.94. The van der Waals surface area contributed by atoms with Crippen molar-refractivity contribution in [1.29, 1.82) is 0 Å². The molecule has 2 unspecified atom stereocenters. The summed E-state index contributed by atoms with van der Waals surface area (Å²) in [6.45, 7) is 4.93. The lowest BCUT2D eigenvalue weighted by atomic mass is 10.0. The number of rotatable bonds is 70. The van der Waals surface area contributed by atoms with Crippen LogP contribution >= 0.6 is 15.6 Å². The summed E-state index contributed by atoms with van der Waals surface area (Å²) in [6, 6.07) is 0. The van der Waals surface area contributed by atoms with E-state index in [0.717, 1.165) is 89.9 Å². The molecule has 88 heavy (non-hydrogen) atoms. The minimum absolute atomic E-state index is 0.107. The third-order valence-corrected chi connectivity index (χ3v) is 18.0. The maximum absolute atomic E-state index is 13.0. The van der Waals surface area contributed by atoms with E-state index in [1.165, 1.54) is 193 Å². The summed E-state index contributed by atoms with van der Waals surface area (Å²) in [5.41, 5.74) is 0. The molecule has 0 aliphatic carbocycles. The number of carbonyl (C=O) groups excluding carboxylic acids is 4. The SMILES string of the molecule is CCCCCCCCCCCCCCCCCC(=O)O[C@H](COC(=O)CCCCCCCCCCCCCCC)COP(=O)(O)OC[C@@H](O)COP(=O)(O)OC[C@@H](COC(=O)CCCCCCCCCCC)OC(=O)CCCCCCCCCCCCC. The van der Waals surface area contributed by atoms with Gasteiger partial charge in [0.05, 0.1) is 26.4 Å². The number of aliphatic hydroxyl groups is 1. The quantitative estimate of drug-likeness (QED) is 0.0222. The van der Waals surface area contributed by atoms with Crippen molar-refractivity contribution in [3.05, 3.63) is 0 Å². The van der Waals surface area contributed by atoms with Gasteiger partial charge < -0.3 is 33.8 Å². The molecule has 17 nitrogen and oxygen atoms in total. The number of esters is 4. The number of phosphoric acid groups is 2. The number of unbranched alkanes of at least 4 members (excludes halogenated alkanes) is 44. The van der Waals surface area contributed by atoms with Gasteiger partial charge in [-0.1, -0.05) is 310 Å². The molecule has 0 bridgehead atoms. The van der Waals surface area contributed by atoms with Crippen molar-refractivity contribution in [3.63, 3.8) is 0 Å². The van der Waals surface area contributed by atoms with Crippen molar-refractivity contribution in [3.8, 4) is 0 Å². The predicted octanol–water partition coefficient (Wildman–Crippen LogP) is 19.9. The average molecular weight is 1300 g/mol. The number of ether oxygens (including phenoxy) is 4. The largest absolute Gasteiger partial charge is 0.472 e. The second-order valence-electron chi connectivity index (χ2n) is 24.9. The van der Waals surface area contributed by atoms with E-state index in [1.54, 1.807) is 0 Å². The lowest BCUT2D eigenvalue weighted by Crippen LogP contribution is -2.30. The predicted molar refractivity (Wildman–Crippen MR) is 354 cm³/mol. The number of phosphoric ester groups is 2. The average Bonchev–Trinajstić information content (AvgIpc) is 3.60. The fourth-order valence-corrected chi connectivity index (χ4v) is 12.1. The highest BCUT2D eigenvalue weighted by Gasteiger charge is 2.30. The van der Waals surface area contributed by atoms with E-state index in [2.05, 4.69) is 27.7 Å². The first kappa shape index (κ1) is 86.1. The van der Waals surface area contributed by atoms with Crippen molar-refractivity contribution in [2.75, 3.05) is 39.6 Å². The Morgan fingerprint density at radius 1 is 0.273 bits per heavy atom. The molecule has 0 saturated heterocycles. The number of hydrogen-bond donors (Lipinski definition) is 3. The highest BCUT2D eigenvalue weighted by Crippen LogP contribution is 2.45. The molecule has 0 aliphatic rings. The lowest BCUT2D eigenvalue weighted by Gasteiger charge is -2.21. The van der Waals surface area contributed by atoms with E-state index in [-0.39, 0.29) is 25.7 Å². The van der Waals surface area contributed by atoms with E-state index >= 15 is 0 Å². The molecule has 0 saturated carbocycles. The highest BCUT2D eigenvalue weighted by atomic mass is 31.2. The van der Waals surface area contributed by atoms with Crippen LogP contribution in [0.1, 0.15) is 362 Å². The zero-order chi connectivity index (χ0) is 64.7. The minimum Gasteiger partial charge on any atom is -0.462 e. The molecule has 0 spiro atoms. The lowest BCUT2D eigenvalue weighted by molar-refractivity contribution is -0.161. The Balaban J connectivity index is 5.23. The van der Waals surface area contributed by atoms with Crippen molar-refractivity contribution < 1.29 is 80.2 Å². The summed E-state index contributed by atoms with van der Waals surface area (Å²) in [5.74, 6) is -2.12. The minimum atomic E-state index is -4.95. The van der Waals surface area contributed by atoms with E-state index in [9.17, 15) is 43.2 Å². The molecular formula is C69H134O17P2. The van der Waals surface area contributed by atoms with Crippen molar-refractivity contribution in [1.82, 2.24) is 0 Å². The van der Waals surface area contributed by atoms with Crippen LogP contribution in [-0.2, 0) is 65.4 Å². The zero-order valence-electron chi connectivity index (χ0n) is 56.7. The molecule has 0 amide bonds. The first-order valence-electron chi connectivity index (χ1n) is 36.3. The van der Waals surface area contributed by atoms with Gasteiger partial charge in [-0.05, 0) is 25.7 Å². The van der Waals surface area contributed by atoms with Crippen molar-refractivity contribution in [2.45, 2.75) is 380 Å². The molecule has 0 aromatic heterocycles. The molecule has 19 heteroatoms. The second kappa shape index (κ2) is 63.8. The van der Waals surface area contributed by atoms with Crippen LogP contribution in [-0.4, -0.2) is 96.7 Å². The van der Waals surface area contributed by atoms with Crippen LogP contribution in [0.5, 0.6) is 0 Å². The Morgan fingerprint density at radius 3 is 0.670 bits per heavy atom. The smallest absolute Gasteiger partial charge is 0.462 e. The summed E-state index contributed by atoms with van der Waals surface area (Å²) in [4.78, 5) is 72.4.